The summed E-state index contributed by atoms with van der Waals surface area (Å²) in [6.45, 7) is 2.21. The summed E-state index contributed by atoms with van der Waals surface area (Å²) in [5, 5.41) is 9.47. The number of benzene rings is 2. The first kappa shape index (κ1) is 11.7. The molecule has 0 fully saturated rings. The molecule has 1 atom stereocenters. The fourth-order valence-corrected chi connectivity index (χ4v) is 2.19. The predicted molar refractivity (Wildman–Crippen MR) is 71.3 cm³/mol. The third-order valence-electron chi connectivity index (χ3n) is 3.16. The Labute approximate surface area is 103 Å². The Balaban J connectivity index is 2.16. The number of phenols is 1. The molecule has 0 saturated carbocycles. The van der Waals surface area contributed by atoms with E-state index >= 15 is 0 Å². The van der Waals surface area contributed by atoms with Crippen molar-refractivity contribution in [2.45, 2.75) is 25.7 Å². The van der Waals surface area contributed by atoms with E-state index in [1.165, 1.54) is 11.1 Å². The fourth-order valence-electron chi connectivity index (χ4n) is 2.19. The molecule has 88 valence electrons. The van der Waals surface area contributed by atoms with Crippen molar-refractivity contribution in [3.8, 4) is 5.75 Å². The van der Waals surface area contributed by atoms with Crippen molar-refractivity contribution in [3.05, 3.63) is 65.7 Å². The molecule has 0 aliphatic rings. The quantitative estimate of drug-likeness (QED) is 0.831. The van der Waals surface area contributed by atoms with E-state index in [0.717, 1.165) is 12.8 Å². The smallest absolute Gasteiger partial charge is 0.115 e. The van der Waals surface area contributed by atoms with Gasteiger partial charge in [0.05, 0.1) is 0 Å². The molecular formula is C16H18O. The molecule has 1 N–H and O–H groups in total. The Morgan fingerprint density at radius 3 is 2.41 bits per heavy atom. The third kappa shape index (κ3) is 3.10. The second-order valence-electron chi connectivity index (χ2n) is 4.39. The lowest BCUT2D eigenvalue weighted by molar-refractivity contribution is 0.474. The summed E-state index contributed by atoms with van der Waals surface area (Å²) in [6, 6.07) is 18.1. The summed E-state index contributed by atoms with van der Waals surface area (Å²) in [6.07, 6.45) is 2.09. The zero-order valence-electron chi connectivity index (χ0n) is 10.1. The molecule has 1 heteroatoms. The molecule has 0 bridgehead atoms. The van der Waals surface area contributed by atoms with Gasteiger partial charge in [0.15, 0.2) is 0 Å². The zero-order valence-corrected chi connectivity index (χ0v) is 10.1. The van der Waals surface area contributed by atoms with Crippen molar-refractivity contribution in [1.29, 1.82) is 0 Å². The topological polar surface area (TPSA) is 20.2 Å². The highest BCUT2D eigenvalue weighted by atomic mass is 16.3. The first-order valence-corrected chi connectivity index (χ1v) is 6.12. The molecule has 0 aliphatic carbocycles. The van der Waals surface area contributed by atoms with Crippen LogP contribution in [0, 0.1) is 0 Å². The van der Waals surface area contributed by atoms with E-state index in [2.05, 4.69) is 37.3 Å². The van der Waals surface area contributed by atoms with Gasteiger partial charge in [-0.2, -0.15) is 0 Å². The Hall–Kier alpha value is -1.76. The van der Waals surface area contributed by atoms with Crippen molar-refractivity contribution in [3.63, 3.8) is 0 Å². The van der Waals surface area contributed by atoms with Crippen LogP contribution in [0.5, 0.6) is 5.75 Å². The van der Waals surface area contributed by atoms with Crippen LogP contribution in [0.3, 0.4) is 0 Å². The van der Waals surface area contributed by atoms with E-state index < -0.39 is 0 Å². The molecular weight excluding hydrogens is 208 g/mol. The minimum atomic E-state index is 0.352. The maximum Gasteiger partial charge on any atom is 0.115 e. The zero-order chi connectivity index (χ0) is 12.1. The minimum absolute atomic E-state index is 0.352. The summed E-state index contributed by atoms with van der Waals surface area (Å²) >= 11 is 0. The average Bonchev–Trinajstić information content (AvgIpc) is 2.37. The maximum atomic E-state index is 9.47. The molecule has 2 rings (SSSR count). The first-order chi connectivity index (χ1) is 8.29. The van der Waals surface area contributed by atoms with Crippen molar-refractivity contribution in [1.82, 2.24) is 0 Å². The summed E-state index contributed by atoms with van der Waals surface area (Å²) in [5.74, 6) is 0.878. The lowest BCUT2D eigenvalue weighted by Crippen LogP contribution is -2.01. The lowest BCUT2D eigenvalue weighted by atomic mass is 9.90. The molecule has 0 aromatic heterocycles. The minimum Gasteiger partial charge on any atom is -0.508 e. The van der Waals surface area contributed by atoms with Crippen LogP contribution < -0.4 is 0 Å². The Bertz CT molecular complexity index is 462. The van der Waals surface area contributed by atoms with Gasteiger partial charge in [0.2, 0.25) is 0 Å². The van der Waals surface area contributed by atoms with E-state index in [0.29, 0.717) is 11.7 Å². The van der Waals surface area contributed by atoms with Crippen LogP contribution in [-0.2, 0) is 6.42 Å². The van der Waals surface area contributed by atoms with E-state index in [9.17, 15) is 5.11 Å². The summed E-state index contributed by atoms with van der Waals surface area (Å²) < 4.78 is 0. The van der Waals surface area contributed by atoms with Gasteiger partial charge >= 0.3 is 0 Å². The van der Waals surface area contributed by atoms with Gasteiger partial charge in [-0.05, 0) is 42.0 Å². The fraction of sp³-hybridized carbons (Fsp3) is 0.250. The van der Waals surface area contributed by atoms with Crippen LogP contribution in [-0.4, -0.2) is 5.11 Å². The molecule has 0 saturated heterocycles. The predicted octanol–water partition coefficient (Wildman–Crippen LogP) is 4.13. The third-order valence-corrected chi connectivity index (χ3v) is 3.16. The van der Waals surface area contributed by atoms with Gasteiger partial charge in [0.1, 0.15) is 5.75 Å². The molecule has 17 heavy (non-hydrogen) atoms. The highest BCUT2D eigenvalue weighted by Crippen LogP contribution is 2.25. The van der Waals surface area contributed by atoms with Crippen LogP contribution in [0.4, 0.5) is 0 Å². The van der Waals surface area contributed by atoms with Crippen LogP contribution >= 0.6 is 0 Å². The van der Waals surface area contributed by atoms with Gasteiger partial charge < -0.3 is 5.11 Å². The number of hydrogen-bond acceptors (Lipinski definition) is 1. The van der Waals surface area contributed by atoms with Crippen LogP contribution in [0.1, 0.15) is 30.4 Å². The Morgan fingerprint density at radius 1 is 1.00 bits per heavy atom. The van der Waals surface area contributed by atoms with Crippen molar-refractivity contribution in [2.24, 2.45) is 0 Å². The largest absolute Gasteiger partial charge is 0.508 e. The average molecular weight is 226 g/mol. The van der Waals surface area contributed by atoms with Gasteiger partial charge in [-0.1, -0.05) is 49.4 Å². The van der Waals surface area contributed by atoms with E-state index in [4.69, 9.17) is 0 Å². The maximum absolute atomic E-state index is 9.47. The first-order valence-electron chi connectivity index (χ1n) is 6.12. The van der Waals surface area contributed by atoms with E-state index in [-0.39, 0.29) is 0 Å². The summed E-state index contributed by atoms with van der Waals surface area (Å²) in [5.41, 5.74) is 2.57. The SMILES string of the molecule is CCC(Cc1cccc(O)c1)c1ccccc1. The normalized spacial score (nSPS) is 12.3. The van der Waals surface area contributed by atoms with Crippen LogP contribution in [0.15, 0.2) is 54.6 Å². The molecule has 0 amide bonds. The van der Waals surface area contributed by atoms with Gasteiger partial charge in [0.25, 0.3) is 0 Å². The number of phenolic OH excluding ortho intramolecular Hbond substituents is 1. The molecule has 2 aromatic carbocycles. The lowest BCUT2D eigenvalue weighted by Gasteiger charge is -2.15. The summed E-state index contributed by atoms with van der Waals surface area (Å²) in [7, 11) is 0. The van der Waals surface area contributed by atoms with Crippen LogP contribution in [0.25, 0.3) is 0 Å². The van der Waals surface area contributed by atoms with Gasteiger partial charge in [-0.15, -0.1) is 0 Å². The second-order valence-corrected chi connectivity index (χ2v) is 4.39. The van der Waals surface area contributed by atoms with E-state index in [1.54, 1.807) is 6.07 Å². The Kier molecular flexibility index (Phi) is 3.81. The van der Waals surface area contributed by atoms with Crippen molar-refractivity contribution in [2.75, 3.05) is 0 Å². The Morgan fingerprint density at radius 2 is 1.76 bits per heavy atom. The van der Waals surface area contributed by atoms with Gasteiger partial charge in [0, 0.05) is 0 Å². The van der Waals surface area contributed by atoms with Gasteiger partial charge in [-0.25, -0.2) is 0 Å². The molecule has 0 spiro atoms. The molecule has 0 aliphatic heterocycles. The number of rotatable bonds is 4. The second kappa shape index (κ2) is 5.53. The van der Waals surface area contributed by atoms with Crippen LogP contribution in [0.2, 0.25) is 0 Å². The standard InChI is InChI=1S/C16H18O/c1-2-14(15-8-4-3-5-9-15)11-13-7-6-10-16(17)12-13/h3-10,12,14,17H,2,11H2,1H3. The molecule has 0 heterocycles. The van der Waals surface area contributed by atoms with Crippen molar-refractivity contribution < 1.29 is 5.11 Å². The molecule has 1 nitrogen and oxygen atoms in total. The molecule has 0 radical (unpaired) electrons. The summed E-state index contributed by atoms with van der Waals surface area (Å²) in [4.78, 5) is 0. The monoisotopic (exact) mass is 226 g/mol. The highest BCUT2D eigenvalue weighted by Gasteiger charge is 2.09. The highest BCUT2D eigenvalue weighted by molar-refractivity contribution is 5.29. The van der Waals surface area contributed by atoms with Crippen molar-refractivity contribution >= 4 is 0 Å². The number of hydrogen-bond donors (Lipinski definition) is 1. The molecule has 1 unspecified atom stereocenters. The molecule has 2 aromatic rings. The number of aromatic hydroxyl groups is 1. The van der Waals surface area contributed by atoms with Gasteiger partial charge in [-0.3, -0.25) is 0 Å². The van der Waals surface area contributed by atoms with E-state index in [1.807, 2.05) is 18.2 Å².